The zero-order valence-electron chi connectivity index (χ0n) is 9.10. The summed E-state index contributed by atoms with van der Waals surface area (Å²) >= 11 is 0. The summed E-state index contributed by atoms with van der Waals surface area (Å²) in [7, 11) is 0. The van der Waals surface area contributed by atoms with Crippen molar-refractivity contribution in [2.45, 2.75) is 20.3 Å². The van der Waals surface area contributed by atoms with E-state index in [1.165, 1.54) is 4.90 Å². The van der Waals surface area contributed by atoms with Crippen LogP contribution in [0.3, 0.4) is 0 Å². The summed E-state index contributed by atoms with van der Waals surface area (Å²) in [6.07, 6.45) is 0.379. The molecule has 1 heterocycles. The van der Waals surface area contributed by atoms with E-state index in [2.05, 4.69) is 0 Å². The van der Waals surface area contributed by atoms with Crippen molar-refractivity contribution in [1.29, 1.82) is 0 Å². The fourth-order valence-electron chi connectivity index (χ4n) is 1.57. The highest BCUT2D eigenvalue weighted by Gasteiger charge is 2.28. The third-order valence-electron chi connectivity index (χ3n) is 2.60. The van der Waals surface area contributed by atoms with Gasteiger partial charge in [-0.3, -0.25) is 4.79 Å². The zero-order chi connectivity index (χ0) is 11.4. The molecule has 5 heteroatoms. The minimum absolute atomic E-state index is 0.0113. The van der Waals surface area contributed by atoms with E-state index in [-0.39, 0.29) is 12.5 Å². The Morgan fingerprint density at radius 1 is 1.60 bits per heavy atom. The first-order chi connectivity index (χ1) is 7.02. The van der Waals surface area contributed by atoms with Crippen LogP contribution in [0.4, 0.5) is 4.79 Å². The zero-order valence-corrected chi connectivity index (χ0v) is 9.10. The molecule has 0 aliphatic carbocycles. The van der Waals surface area contributed by atoms with E-state index in [4.69, 9.17) is 9.84 Å². The molecule has 1 amide bonds. The molecule has 0 aromatic carbocycles. The quantitative estimate of drug-likeness (QED) is 0.764. The number of carboxylic acid groups (broad SMARTS) is 1. The molecule has 1 saturated heterocycles. The van der Waals surface area contributed by atoms with Gasteiger partial charge in [0.2, 0.25) is 0 Å². The van der Waals surface area contributed by atoms with Crippen LogP contribution in [0.2, 0.25) is 0 Å². The van der Waals surface area contributed by atoms with Crippen LogP contribution < -0.4 is 0 Å². The van der Waals surface area contributed by atoms with E-state index in [1.54, 1.807) is 0 Å². The van der Waals surface area contributed by atoms with E-state index in [0.717, 1.165) is 6.42 Å². The van der Waals surface area contributed by atoms with Gasteiger partial charge in [0.05, 0.1) is 12.5 Å². The smallest absolute Gasteiger partial charge is 0.409 e. The van der Waals surface area contributed by atoms with E-state index in [1.807, 2.05) is 13.8 Å². The Balaban J connectivity index is 2.56. The SMILES string of the molecule is CC(C)C(CN1CCCOC1=O)C(=O)O. The first-order valence-corrected chi connectivity index (χ1v) is 5.17. The van der Waals surface area contributed by atoms with Crippen molar-refractivity contribution in [2.24, 2.45) is 11.8 Å². The Bertz CT molecular complexity index is 252. The molecule has 0 bridgehead atoms. The predicted octanol–water partition coefficient (Wildman–Crippen LogP) is 1.19. The lowest BCUT2D eigenvalue weighted by atomic mass is 9.95. The molecule has 1 unspecified atom stereocenters. The van der Waals surface area contributed by atoms with Crippen molar-refractivity contribution in [3.8, 4) is 0 Å². The van der Waals surface area contributed by atoms with Crippen LogP contribution in [0.25, 0.3) is 0 Å². The first kappa shape index (κ1) is 11.8. The summed E-state index contributed by atoms with van der Waals surface area (Å²) in [6, 6.07) is 0. The molecular weight excluding hydrogens is 198 g/mol. The molecular formula is C10H17NO4. The lowest BCUT2D eigenvalue weighted by Crippen LogP contribution is -2.43. The summed E-state index contributed by atoms with van der Waals surface area (Å²) in [6.45, 7) is 4.96. The van der Waals surface area contributed by atoms with Crippen LogP contribution in [0.1, 0.15) is 20.3 Å². The van der Waals surface area contributed by atoms with Crippen LogP contribution in [0.15, 0.2) is 0 Å². The summed E-state index contributed by atoms with van der Waals surface area (Å²) < 4.78 is 4.84. The van der Waals surface area contributed by atoms with Gasteiger partial charge in [-0.25, -0.2) is 4.79 Å². The number of aliphatic carboxylic acids is 1. The fraction of sp³-hybridized carbons (Fsp3) is 0.800. The number of carboxylic acids is 1. The molecule has 1 N–H and O–H groups in total. The number of ether oxygens (including phenoxy) is 1. The minimum atomic E-state index is -0.858. The van der Waals surface area contributed by atoms with Gasteiger partial charge < -0.3 is 14.7 Å². The average Bonchev–Trinajstić information content (AvgIpc) is 2.15. The van der Waals surface area contributed by atoms with Crippen molar-refractivity contribution < 1.29 is 19.4 Å². The average molecular weight is 215 g/mol. The van der Waals surface area contributed by atoms with E-state index in [0.29, 0.717) is 13.2 Å². The lowest BCUT2D eigenvalue weighted by Gasteiger charge is -2.29. The van der Waals surface area contributed by atoms with Crippen LogP contribution in [0, 0.1) is 11.8 Å². The van der Waals surface area contributed by atoms with Crippen LogP contribution in [-0.2, 0) is 9.53 Å². The van der Waals surface area contributed by atoms with E-state index in [9.17, 15) is 9.59 Å². The van der Waals surface area contributed by atoms with Gasteiger partial charge in [0.15, 0.2) is 0 Å². The molecule has 5 nitrogen and oxygen atoms in total. The third kappa shape index (κ3) is 3.11. The molecule has 0 saturated carbocycles. The normalized spacial score (nSPS) is 18.9. The largest absolute Gasteiger partial charge is 0.481 e. The topological polar surface area (TPSA) is 66.8 Å². The number of hydrogen-bond acceptors (Lipinski definition) is 3. The van der Waals surface area contributed by atoms with Crippen LogP contribution in [0.5, 0.6) is 0 Å². The second kappa shape index (κ2) is 5.00. The Morgan fingerprint density at radius 3 is 2.73 bits per heavy atom. The molecule has 15 heavy (non-hydrogen) atoms. The summed E-state index contributed by atoms with van der Waals surface area (Å²) in [5, 5.41) is 8.98. The highest BCUT2D eigenvalue weighted by Crippen LogP contribution is 2.15. The van der Waals surface area contributed by atoms with Gasteiger partial charge in [0.1, 0.15) is 0 Å². The molecule has 0 aromatic heterocycles. The molecule has 1 aliphatic heterocycles. The van der Waals surface area contributed by atoms with Gasteiger partial charge in [-0.05, 0) is 12.3 Å². The van der Waals surface area contributed by atoms with Crippen molar-refractivity contribution in [2.75, 3.05) is 19.7 Å². The van der Waals surface area contributed by atoms with E-state index >= 15 is 0 Å². The number of rotatable bonds is 4. The molecule has 1 fully saturated rings. The number of amides is 1. The Morgan fingerprint density at radius 2 is 2.27 bits per heavy atom. The maximum absolute atomic E-state index is 11.3. The van der Waals surface area contributed by atoms with Crippen molar-refractivity contribution in [1.82, 2.24) is 4.90 Å². The lowest BCUT2D eigenvalue weighted by molar-refractivity contribution is -0.143. The second-order valence-corrected chi connectivity index (χ2v) is 4.10. The van der Waals surface area contributed by atoms with E-state index < -0.39 is 18.0 Å². The van der Waals surface area contributed by atoms with Gasteiger partial charge in [-0.1, -0.05) is 13.8 Å². The number of carbonyl (C=O) groups excluding carboxylic acids is 1. The van der Waals surface area contributed by atoms with Crippen LogP contribution >= 0.6 is 0 Å². The minimum Gasteiger partial charge on any atom is -0.481 e. The second-order valence-electron chi connectivity index (χ2n) is 4.10. The van der Waals surface area contributed by atoms with Gasteiger partial charge in [0, 0.05) is 13.1 Å². The highest BCUT2D eigenvalue weighted by molar-refractivity contribution is 5.73. The third-order valence-corrected chi connectivity index (χ3v) is 2.60. The van der Waals surface area contributed by atoms with Crippen molar-refractivity contribution >= 4 is 12.1 Å². The highest BCUT2D eigenvalue weighted by atomic mass is 16.6. The maximum atomic E-state index is 11.3. The number of cyclic esters (lactones) is 1. The molecule has 86 valence electrons. The van der Waals surface area contributed by atoms with Gasteiger partial charge >= 0.3 is 12.1 Å². The fourth-order valence-corrected chi connectivity index (χ4v) is 1.57. The number of hydrogen-bond donors (Lipinski definition) is 1. The maximum Gasteiger partial charge on any atom is 0.409 e. The molecule has 1 atom stereocenters. The summed E-state index contributed by atoms with van der Waals surface area (Å²) in [5.74, 6) is -1.36. The number of nitrogens with zero attached hydrogens (tertiary/aromatic N) is 1. The Labute approximate surface area is 89.0 Å². The van der Waals surface area contributed by atoms with Gasteiger partial charge in [-0.15, -0.1) is 0 Å². The Kier molecular flexibility index (Phi) is 3.94. The Hall–Kier alpha value is -1.26. The molecule has 0 aromatic rings. The van der Waals surface area contributed by atoms with Crippen molar-refractivity contribution in [3.05, 3.63) is 0 Å². The van der Waals surface area contributed by atoms with Crippen molar-refractivity contribution in [3.63, 3.8) is 0 Å². The standard InChI is InChI=1S/C10H17NO4/c1-7(2)8(9(12)13)6-11-4-3-5-15-10(11)14/h7-8H,3-6H2,1-2H3,(H,12,13). The molecule has 1 rings (SSSR count). The van der Waals surface area contributed by atoms with Crippen LogP contribution in [-0.4, -0.2) is 41.8 Å². The molecule has 0 spiro atoms. The molecule has 0 radical (unpaired) electrons. The van der Waals surface area contributed by atoms with Gasteiger partial charge in [0.25, 0.3) is 0 Å². The monoisotopic (exact) mass is 215 g/mol. The molecule has 1 aliphatic rings. The summed E-state index contributed by atoms with van der Waals surface area (Å²) in [4.78, 5) is 23.7. The number of carbonyl (C=O) groups is 2. The predicted molar refractivity (Wildman–Crippen MR) is 53.5 cm³/mol. The van der Waals surface area contributed by atoms with Gasteiger partial charge in [-0.2, -0.15) is 0 Å². The first-order valence-electron chi connectivity index (χ1n) is 5.17. The summed E-state index contributed by atoms with van der Waals surface area (Å²) in [5.41, 5.74) is 0.